The fraction of sp³-hybridized carbons (Fsp3) is 0.846. The van der Waals surface area contributed by atoms with Crippen molar-refractivity contribution in [3.63, 3.8) is 0 Å². The maximum atomic E-state index is 11.7. The van der Waals surface area contributed by atoms with Crippen LogP contribution in [0, 0.1) is 11.8 Å². The van der Waals surface area contributed by atoms with Crippen molar-refractivity contribution < 1.29 is 14.3 Å². The fourth-order valence-electron chi connectivity index (χ4n) is 2.49. The van der Waals surface area contributed by atoms with Crippen LogP contribution >= 0.6 is 0 Å². The predicted octanol–water partition coefficient (Wildman–Crippen LogP) is 0.642. The number of nitrogens with one attached hydrogen (secondary N) is 1. The third-order valence-corrected chi connectivity index (χ3v) is 3.94. The largest absolute Gasteiger partial charge is 0.469 e. The van der Waals surface area contributed by atoms with Crippen molar-refractivity contribution in [2.75, 3.05) is 27.2 Å². The van der Waals surface area contributed by atoms with E-state index in [1.807, 2.05) is 13.8 Å². The monoisotopic (exact) mass is 256 g/mol. The summed E-state index contributed by atoms with van der Waals surface area (Å²) in [5, 5.41) is 2.70. The molecule has 1 N–H and O–H groups in total. The third kappa shape index (κ3) is 3.45. The summed E-state index contributed by atoms with van der Waals surface area (Å²) < 4.78 is 4.77. The number of rotatable bonds is 4. The number of hydrogen-bond acceptors (Lipinski definition) is 4. The maximum absolute atomic E-state index is 11.7. The molecule has 0 bridgehead atoms. The molecule has 1 heterocycles. The Bertz CT molecular complexity index is 293. The molecule has 18 heavy (non-hydrogen) atoms. The zero-order chi connectivity index (χ0) is 13.7. The van der Waals surface area contributed by atoms with Crippen LogP contribution in [-0.4, -0.2) is 50.1 Å². The molecule has 3 unspecified atom stereocenters. The third-order valence-electron chi connectivity index (χ3n) is 3.94. The lowest BCUT2D eigenvalue weighted by Crippen LogP contribution is -2.49. The number of hydrogen-bond donors (Lipinski definition) is 1. The van der Waals surface area contributed by atoms with Gasteiger partial charge in [0.15, 0.2) is 0 Å². The van der Waals surface area contributed by atoms with Crippen LogP contribution in [0.3, 0.4) is 0 Å². The van der Waals surface area contributed by atoms with E-state index in [0.717, 1.165) is 25.9 Å². The van der Waals surface area contributed by atoms with E-state index < -0.39 is 0 Å². The van der Waals surface area contributed by atoms with E-state index in [1.54, 1.807) is 7.05 Å². The van der Waals surface area contributed by atoms with Crippen molar-refractivity contribution >= 4 is 11.9 Å². The van der Waals surface area contributed by atoms with Gasteiger partial charge in [0.1, 0.15) is 0 Å². The highest BCUT2D eigenvalue weighted by Crippen LogP contribution is 2.22. The molecule has 0 aromatic rings. The second-order valence-electron chi connectivity index (χ2n) is 5.00. The van der Waals surface area contributed by atoms with Crippen LogP contribution in [0.1, 0.15) is 26.7 Å². The van der Waals surface area contributed by atoms with Gasteiger partial charge in [-0.3, -0.25) is 14.5 Å². The minimum atomic E-state index is -0.190. The van der Waals surface area contributed by atoms with E-state index >= 15 is 0 Å². The van der Waals surface area contributed by atoms with Crippen LogP contribution in [0.4, 0.5) is 0 Å². The van der Waals surface area contributed by atoms with E-state index in [9.17, 15) is 9.59 Å². The molecule has 0 aromatic heterocycles. The summed E-state index contributed by atoms with van der Waals surface area (Å²) in [6, 6.07) is 0.102. The van der Waals surface area contributed by atoms with Gasteiger partial charge in [-0.15, -0.1) is 0 Å². The highest BCUT2D eigenvalue weighted by Gasteiger charge is 2.32. The summed E-state index contributed by atoms with van der Waals surface area (Å²) in [7, 11) is 3.08. The quantitative estimate of drug-likeness (QED) is 0.750. The molecule has 104 valence electrons. The summed E-state index contributed by atoms with van der Waals surface area (Å²) in [4.78, 5) is 25.4. The first-order valence-corrected chi connectivity index (χ1v) is 6.54. The number of methoxy groups -OCH3 is 1. The summed E-state index contributed by atoms with van der Waals surface area (Å²) in [5.74, 6) is -0.225. The van der Waals surface area contributed by atoms with Gasteiger partial charge in [-0.2, -0.15) is 0 Å². The average Bonchev–Trinajstić information content (AvgIpc) is 2.43. The molecule has 1 saturated heterocycles. The number of nitrogens with zero attached hydrogens (tertiary/aromatic N) is 1. The highest BCUT2D eigenvalue weighted by molar-refractivity contribution is 5.78. The van der Waals surface area contributed by atoms with E-state index in [1.165, 1.54) is 7.11 Å². The van der Waals surface area contributed by atoms with Crippen molar-refractivity contribution in [1.29, 1.82) is 0 Å². The van der Waals surface area contributed by atoms with E-state index in [4.69, 9.17) is 4.74 Å². The van der Waals surface area contributed by atoms with Crippen LogP contribution < -0.4 is 5.32 Å². The smallest absolute Gasteiger partial charge is 0.309 e. The van der Waals surface area contributed by atoms with Crippen molar-refractivity contribution in [1.82, 2.24) is 10.2 Å². The lowest BCUT2D eigenvalue weighted by Gasteiger charge is -2.37. The molecule has 3 atom stereocenters. The fourth-order valence-corrected chi connectivity index (χ4v) is 2.49. The Kier molecular flexibility index (Phi) is 5.59. The van der Waals surface area contributed by atoms with Crippen LogP contribution in [0.2, 0.25) is 0 Å². The SMILES string of the molecule is CNC(=O)C1CCCN(C(C)C(C)C(=O)OC)C1. The Morgan fingerprint density at radius 1 is 1.39 bits per heavy atom. The normalized spacial score (nSPS) is 24.1. The summed E-state index contributed by atoms with van der Waals surface area (Å²) in [5.41, 5.74) is 0. The molecule has 0 spiro atoms. The standard InChI is InChI=1S/C13H24N2O3/c1-9(13(17)18-4)10(2)15-7-5-6-11(8-15)12(16)14-3/h9-11H,5-8H2,1-4H3,(H,14,16). The Morgan fingerprint density at radius 2 is 2.06 bits per heavy atom. The minimum absolute atomic E-state index is 0.0380. The predicted molar refractivity (Wildman–Crippen MR) is 69.0 cm³/mol. The Labute approximate surface area is 109 Å². The molecule has 0 radical (unpaired) electrons. The first-order valence-electron chi connectivity index (χ1n) is 6.54. The molecular formula is C13H24N2O3. The van der Waals surface area contributed by atoms with Gasteiger partial charge >= 0.3 is 5.97 Å². The van der Waals surface area contributed by atoms with Crippen molar-refractivity contribution in [2.24, 2.45) is 11.8 Å². The number of piperidine rings is 1. The highest BCUT2D eigenvalue weighted by atomic mass is 16.5. The van der Waals surface area contributed by atoms with Gasteiger partial charge in [0.2, 0.25) is 5.91 Å². The molecular weight excluding hydrogens is 232 g/mol. The zero-order valence-electron chi connectivity index (χ0n) is 11.7. The molecule has 1 fully saturated rings. The number of esters is 1. The lowest BCUT2D eigenvalue weighted by atomic mass is 9.93. The molecule has 1 aliphatic rings. The van der Waals surface area contributed by atoms with Crippen LogP contribution in [0.15, 0.2) is 0 Å². The zero-order valence-corrected chi connectivity index (χ0v) is 11.7. The molecule has 0 aliphatic carbocycles. The number of carbonyl (C=O) groups excluding carboxylic acids is 2. The molecule has 5 heteroatoms. The second kappa shape index (κ2) is 6.73. The van der Waals surface area contributed by atoms with Gasteiger partial charge < -0.3 is 10.1 Å². The topological polar surface area (TPSA) is 58.6 Å². The second-order valence-corrected chi connectivity index (χ2v) is 5.00. The van der Waals surface area contributed by atoms with Crippen molar-refractivity contribution in [3.8, 4) is 0 Å². The number of ether oxygens (including phenoxy) is 1. The number of amides is 1. The van der Waals surface area contributed by atoms with Gasteiger partial charge in [-0.1, -0.05) is 6.92 Å². The summed E-state index contributed by atoms with van der Waals surface area (Å²) in [6.07, 6.45) is 1.92. The van der Waals surface area contributed by atoms with Crippen LogP contribution in [0.25, 0.3) is 0 Å². The molecule has 0 saturated carbocycles. The first-order chi connectivity index (χ1) is 8.51. The average molecular weight is 256 g/mol. The van der Waals surface area contributed by atoms with Crippen LogP contribution in [0.5, 0.6) is 0 Å². The van der Waals surface area contributed by atoms with E-state index in [-0.39, 0.29) is 29.8 Å². The minimum Gasteiger partial charge on any atom is -0.469 e. The van der Waals surface area contributed by atoms with Gasteiger partial charge in [-0.25, -0.2) is 0 Å². The number of carbonyl (C=O) groups is 2. The molecule has 1 aliphatic heterocycles. The summed E-state index contributed by atoms with van der Waals surface area (Å²) >= 11 is 0. The van der Waals surface area contributed by atoms with E-state index in [0.29, 0.717) is 0 Å². The summed E-state index contributed by atoms with van der Waals surface area (Å²) in [6.45, 7) is 5.56. The van der Waals surface area contributed by atoms with Gasteiger partial charge in [-0.05, 0) is 26.3 Å². The van der Waals surface area contributed by atoms with Gasteiger partial charge in [0.25, 0.3) is 0 Å². The molecule has 5 nitrogen and oxygen atoms in total. The van der Waals surface area contributed by atoms with Crippen molar-refractivity contribution in [2.45, 2.75) is 32.7 Å². The Hall–Kier alpha value is -1.10. The molecule has 0 aromatic carbocycles. The van der Waals surface area contributed by atoms with Gasteiger partial charge in [0, 0.05) is 19.6 Å². The van der Waals surface area contributed by atoms with E-state index in [2.05, 4.69) is 10.2 Å². The van der Waals surface area contributed by atoms with Gasteiger partial charge in [0.05, 0.1) is 18.9 Å². The first kappa shape index (κ1) is 15.0. The van der Waals surface area contributed by atoms with Crippen molar-refractivity contribution in [3.05, 3.63) is 0 Å². The lowest BCUT2D eigenvalue weighted by molar-refractivity contribution is -0.147. The maximum Gasteiger partial charge on any atom is 0.309 e. The molecule has 1 amide bonds. The Balaban J connectivity index is 2.60. The number of likely N-dealkylation sites (tertiary alicyclic amines) is 1. The molecule has 1 rings (SSSR count). The Morgan fingerprint density at radius 3 is 2.61 bits per heavy atom. The van der Waals surface area contributed by atoms with Crippen LogP contribution in [-0.2, 0) is 14.3 Å².